The first-order valence-electron chi connectivity index (χ1n) is 4.91. The van der Waals surface area contributed by atoms with Gasteiger partial charge in [-0.3, -0.25) is 4.98 Å². The molecule has 0 fully saturated rings. The highest BCUT2D eigenvalue weighted by molar-refractivity contribution is 6.39. The molecule has 0 aliphatic rings. The second-order valence-corrected chi connectivity index (χ2v) is 4.15. The molecule has 0 saturated heterocycles. The summed E-state index contributed by atoms with van der Waals surface area (Å²) in [6, 6.07) is 7.47. The van der Waals surface area contributed by atoms with Crippen LogP contribution in [0.2, 0.25) is 10.0 Å². The summed E-state index contributed by atoms with van der Waals surface area (Å²) in [7, 11) is 1.62. The monoisotopic (exact) mass is 268 g/mol. The molecule has 0 bridgehead atoms. The second-order valence-electron chi connectivity index (χ2n) is 3.33. The number of hydrogen-bond donors (Lipinski definition) is 1. The summed E-state index contributed by atoms with van der Waals surface area (Å²) in [6.07, 6.45) is 3.08. The summed E-state index contributed by atoms with van der Waals surface area (Å²) in [4.78, 5) is 3.89. The third-order valence-corrected chi connectivity index (χ3v) is 2.79. The lowest BCUT2D eigenvalue weighted by Crippen LogP contribution is -1.93. The van der Waals surface area contributed by atoms with Gasteiger partial charge in [-0.2, -0.15) is 0 Å². The van der Waals surface area contributed by atoms with E-state index in [4.69, 9.17) is 27.9 Å². The summed E-state index contributed by atoms with van der Waals surface area (Å²) in [5.74, 6) is 0.794. The SMILES string of the molecule is COc1ccc(Nc2c(Cl)cncc2Cl)cc1. The van der Waals surface area contributed by atoms with Crippen molar-refractivity contribution in [3.8, 4) is 5.75 Å². The van der Waals surface area contributed by atoms with Crippen molar-refractivity contribution in [1.29, 1.82) is 0 Å². The van der Waals surface area contributed by atoms with E-state index in [0.717, 1.165) is 11.4 Å². The van der Waals surface area contributed by atoms with Gasteiger partial charge in [-0.15, -0.1) is 0 Å². The average molecular weight is 269 g/mol. The zero-order valence-corrected chi connectivity index (χ0v) is 10.6. The normalized spacial score (nSPS) is 10.1. The van der Waals surface area contributed by atoms with Gasteiger partial charge < -0.3 is 10.1 Å². The number of benzene rings is 1. The number of halogens is 2. The van der Waals surface area contributed by atoms with Gasteiger partial charge in [0.1, 0.15) is 5.75 Å². The quantitative estimate of drug-likeness (QED) is 0.909. The van der Waals surface area contributed by atoms with Crippen molar-refractivity contribution in [3.63, 3.8) is 0 Å². The molecular weight excluding hydrogens is 259 g/mol. The van der Waals surface area contributed by atoms with Crippen LogP contribution in [0, 0.1) is 0 Å². The molecule has 17 heavy (non-hydrogen) atoms. The van der Waals surface area contributed by atoms with E-state index in [2.05, 4.69) is 10.3 Å². The summed E-state index contributed by atoms with van der Waals surface area (Å²) >= 11 is 12.0. The molecule has 0 aliphatic carbocycles. The van der Waals surface area contributed by atoms with E-state index < -0.39 is 0 Å². The zero-order valence-electron chi connectivity index (χ0n) is 9.08. The van der Waals surface area contributed by atoms with Crippen LogP contribution in [0.1, 0.15) is 0 Å². The number of anilines is 2. The predicted octanol–water partition coefficient (Wildman–Crippen LogP) is 4.14. The van der Waals surface area contributed by atoms with Crippen LogP contribution < -0.4 is 10.1 Å². The third kappa shape index (κ3) is 2.81. The Bertz CT molecular complexity index is 494. The molecule has 0 radical (unpaired) electrons. The van der Waals surface area contributed by atoms with E-state index in [1.807, 2.05) is 24.3 Å². The number of hydrogen-bond acceptors (Lipinski definition) is 3. The van der Waals surface area contributed by atoms with Crippen LogP contribution in [0.4, 0.5) is 11.4 Å². The van der Waals surface area contributed by atoms with Crippen LogP contribution in [0.15, 0.2) is 36.7 Å². The number of pyridine rings is 1. The second kappa shape index (κ2) is 5.25. The molecule has 2 rings (SSSR count). The molecule has 1 aromatic carbocycles. The lowest BCUT2D eigenvalue weighted by Gasteiger charge is -2.10. The minimum absolute atomic E-state index is 0.480. The molecule has 3 nitrogen and oxygen atoms in total. The maximum Gasteiger partial charge on any atom is 0.119 e. The summed E-state index contributed by atoms with van der Waals surface area (Å²) in [5, 5.41) is 4.09. The van der Waals surface area contributed by atoms with Crippen molar-refractivity contribution in [3.05, 3.63) is 46.7 Å². The van der Waals surface area contributed by atoms with Crippen LogP contribution >= 0.6 is 23.2 Å². The van der Waals surface area contributed by atoms with E-state index in [1.165, 1.54) is 0 Å². The Morgan fingerprint density at radius 3 is 2.18 bits per heavy atom. The van der Waals surface area contributed by atoms with Gasteiger partial charge >= 0.3 is 0 Å². The van der Waals surface area contributed by atoms with Crippen molar-refractivity contribution >= 4 is 34.6 Å². The minimum atomic E-state index is 0.480. The highest BCUT2D eigenvalue weighted by Crippen LogP contribution is 2.31. The first-order valence-corrected chi connectivity index (χ1v) is 5.66. The Hall–Kier alpha value is -1.45. The lowest BCUT2D eigenvalue weighted by molar-refractivity contribution is 0.415. The summed E-state index contributed by atoms with van der Waals surface area (Å²) in [5.41, 5.74) is 1.52. The first-order chi connectivity index (χ1) is 8.20. The number of nitrogens with zero attached hydrogens (tertiary/aromatic N) is 1. The molecule has 2 aromatic rings. The number of ether oxygens (including phenoxy) is 1. The fraction of sp³-hybridized carbons (Fsp3) is 0.0833. The van der Waals surface area contributed by atoms with Gasteiger partial charge in [0.15, 0.2) is 0 Å². The highest BCUT2D eigenvalue weighted by Gasteiger charge is 2.06. The Kier molecular flexibility index (Phi) is 3.71. The molecule has 1 heterocycles. The predicted molar refractivity (Wildman–Crippen MR) is 70.5 cm³/mol. The molecule has 0 spiro atoms. The Morgan fingerprint density at radius 1 is 1.06 bits per heavy atom. The van der Waals surface area contributed by atoms with Gasteiger partial charge in [-0.05, 0) is 24.3 Å². The van der Waals surface area contributed by atoms with Crippen molar-refractivity contribution in [1.82, 2.24) is 4.98 Å². The molecule has 0 unspecified atom stereocenters. The third-order valence-electron chi connectivity index (χ3n) is 2.21. The standard InChI is InChI=1S/C12H10Cl2N2O/c1-17-9-4-2-8(3-5-9)16-12-10(13)6-15-7-11(12)14/h2-7H,1H3,(H,15,16). The van der Waals surface area contributed by atoms with E-state index in [9.17, 15) is 0 Å². The molecule has 1 aromatic heterocycles. The van der Waals surface area contributed by atoms with Gasteiger partial charge in [0, 0.05) is 18.1 Å². The van der Waals surface area contributed by atoms with Crippen LogP contribution in [-0.4, -0.2) is 12.1 Å². The van der Waals surface area contributed by atoms with Crippen molar-refractivity contribution in [2.24, 2.45) is 0 Å². The Morgan fingerprint density at radius 2 is 1.65 bits per heavy atom. The molecule has 5 heteroatoms. The Labute approximate surface area is 109 Å². The topological polar surface area (TPSA) is 34.1 Å². The van der Waals surface area contributed by atoms with Gasteiger partial charge in [0.25, 0.3) is 0 Å². The smallest absolute Gasteiger partial charge is 0.119 e. The zero-order chi connectivity index (χ0) is 12.3. The number of nitrogens with one attached hydrogen (secondary N) is 1. The van der Waals surface area contributed by atoms with Crippen molar-refractivity contribution in [2.45, 2.75) is 0 Å². The van der Waals surface area contributed by atoms with Crippen LogP contribution in [0.5, 0.6) is 5.75 Å². The van der Waals surface area contributed by atoms with Crippen molar-refractivity contribution in [2.75, 3.05) is 12.4 Å². The van der Waals surface area contributed by atoms with E-state index in [-0.39, 0.29) is 0 Å². The van der Waals surface area contributed by atoms with Crippen LogP contribution in [-0.2, 0) is 0 Å². The largest absolute Gasteiger partial charge is 0.497 e. The molecule has 0 aliphatic heterocycles. The fourth-order valence-electron chi connectivity index (χ4n) is 1.35. The van der Waals surface area contributed by atoms with Crippen LogP contribution in [0.25, 0.3) is 0 Å². The van der Waals surface area contributed by atoms with Crippen LogP contribution in [0.3, 0.4) is 0 Å². The molecule has 0 saturated carbocycles. The molecule has 88 valence electrons. The average Bonchev–Trinajstić information content (AvgIpc) is 2.35. The van der Waals surface area contributed by atoms with Crippen molar-refractivity contribution < 1.29 is 4.74 Å². The number of methoxy groups -OCH3 is 1. The lowest BCUT2D eigenvalue weighted by atomic mass is 10.3. The summed E-state index contributed by atoms with van der Waals surface area (Å²) in [6.45, 7) is 0. The Balaban J connectivity index is 2.25. The van der Waals surface area contributed by atoms with Gasteiger partial charge in [-0.1, -0.05) is 23.2 Å². The molecule has 0 atom stereocenters. The van der Waals surface area contributed by atoms with E-state index in [0.29, 0.717) is 15.7 Å². The summed E-state index contributed by atoms with van der Waals surface area (Å²) < 4.78 is 5.08. The maximum absolute atomic E-state index is 6.00. The molecular formula is C12H10Cl2N2O. The number of rotatable bonds is 3. The van der Waals surface area contributed by atoms with Gasteiger partial charge in [0.2, 0.25) is 0 Å². The van der Waals surface area contributed by atoms with E-state index >= 15 is 0 Å². The molecule has 1 N–H and O–H groups in total. The van der Waals surface area contributed by atoms with Gasteiger partial charge in [0.05, 0.1) is 22.8 Å². The fourth-order valence-corrected chi connectivity index (χ4v) is 1.81. The van der Waals surface area contributed by atoms with E-state index in [1.54, 1.807) is 19.5 Å². The highest BCUT2D eigenvalue weighted by atomic mass is 35.5. The van der Waals surface area contributed by atoms with Gasteiger partial charge in [-0.25, -0.2) is 0 Å². The maximum atomic E-state index is 6.00. The number of aromatic nitrogens is 1. The minimum Gasteiger partial charge on any atom is -0.497 e. The first kappa shape index (κ1) is 12.0. The molecule has 0 amide bonds.